The van der Waals surface area contributed by atoms with Gasteiger partial charge in [-0.3, -0.25) is 14.3 Å². The monoisotopic (exact) mass is 494 g/mol. The van der Waals surface area contributed by atoms with E-state index in [2.05, 4.69) is 15.2 Å². The summed E-state index contributed by atoms with van der Waals surface area (Å²) < 4.78 is 9.90. The van der Waals surface area contributed by atoms with Gasteiger partial charge in [0, 0.05) is 12.7 Å². The molecule has 0 aliphatic carbocycles. The molecule has 0 saturated carbocycles. The van der Waals surface area contributed by atoms with Crippen molar-refractivity contribution >= 4 is 35.5 Å². The molecular formula is C24H23ClN6O2S. The molecule has 10 heteroatoms. The quantitative estimate of drug-likeness (QED) is 0.379. The van der Waals surface area contributed by atoms with Crippen LogP contribution >= 0.6 is 23.8 Å². The first-order chi connectivity index (χ1) is 16.6. The first-order valence-corrected chi connectivity index (χ1v) is 11.8. The number of likely N-dealkylation sites (tertiary alicyclic amines) is 1. The lowest BCUT2D eigenvalue weighted by Gasteiger charge is -2.31. The molecule has 34 heavy (non-hydrogen) atoms. The van der Waals surface area contributed by atoms with Crippen molar-refractivity contribution in [2.45, 2.75) is 19.5 Å². The highest BCUT2D eigenvalue weighted by Crippen LogP contribution is 2.24. The Labute approximate surface area is 206 Å². The zero-order valence-electron chi connectivity index (χ0n) is 18.3. The number of rotatable bonds is 6. The molecule has 4 aromatic rings. The van der Waals surface area contributed by atoms with Gasteiger partial charge in [0.15, 0.2) is 5.76 Å². The number of amides is 1. The number of furan rings is 1. The Morgan fingerprint density at radius 2 is 2.03 bits per heavy atom. The minimum absolute atomic E-state index is 0.0470. The maximum absolute atomic E-state index is 12.8. The van der Waals surface area contributed by atoms with Crippen LogP contribution in [0, 0.1) is 10.7 Å². The van der Waals surface area contributed by atoms with E-state index in [1.165, 1.54) is 6.20 Å². The van der Waals surface area contributed by atoms with Gasteiger partial charge in [-0.05, 0) is 68.0 Å². The van der Waals surface area contributed by atoms with Crippen LogP contribution in [-0.4, -0.2) is 43.2 Å². The molecule has 174 valence electrons. The molecular weight excluding hydrogens is 472 g/mol. The molecule has 1 N–H and O–H groups in total. The number of nitrogens with zero attached hydrogens (tertiary/aromatic N) is 5. The van der Waals surface area contributed by atoms with Crippen LogP contribution in [-0.2, 0) is 11.5 Å². The van der Waals surface area contributed by atoms with Gasteiger partial charge in [0.1, 0.15) is 5.82 Å². The Morgan fingerprint density at radius 3 is 2.76 bits per heavy atom. The van der Waals surface area contributed by atoms with Gasteiger partial charge < -0.3 is 9.73 Å². The minimum Gasteiger partial charge on any atom is -0.461 e. The number of carbonyl (C=O) groups excluding carboxylic acids is 1. The third-order valence-electron chi connectivity index (χ3n) is 5.78. The average Bonchev–Trinajstić information content (AvgIpc) is 3.50. The number of carbonyl (C=O) groups is 1. The molecule has 4 heterocycles. The SMILES string of the molecule is O=C(Nc1ccc(Cl)cn1)C1CCCN(Cn2nc(-c3ccco3)n(-c3ccccc3)c2=S)C1. The number of piperidine rings is 1. The summed E-state index contributed by atoms with van der Waals surface area (Å²) >= 11 is 11.7. The first-order valence-electron chi connectivity index (χ1n) is 11.0. The van der Waals surface area contributed by atoms with E-state index >= 15 is 0 Å². The summed E-state index contributed by atoms with van der Waals surface area (Å²) in [5.41, 5.74) is 0.913. The lowest BCUT2D eigenvalue weighted by molar-refractivity contribution is -0.121. The van der Waals surface area contributed by atoms with Crippen LogP contribution in [0.1, 0.15) is 12.8 Å². The predicted molar refractivity (Wildman–Crippen MR) is 132 cm³/mol. The molecule has 1 saturated heterocycles. The molecule has 3 aromatic heterocycles. The fourth-order valence-electron chi connectivity index (χ4n) is 4.14. The Balaban J connectivity index is 1.35. The van der Waals surface area contributed by atoms with Crippen LogP contribution in [0.3, 0.4) is 0 Å². The second kappa shape index (κ2) is 9.92. The summed E-state index contributed by atoms with van der Waals surface area (Å²) in [6.07, 6.45) is 4.86. The van der Waals surface area contributed by atoms with E-state index in [9.17, 15) is 4.79 Å². The van der Waals surface area contributed by atoms with Gasteiger partial charge in [0.2, 0.25) is 16.5 Å². The number of hydrogen-bond acceptors (Lipinski definition) is 6. The van der Waals surface area contributed by atoms with Crippen molar-refractivity contribution in [3.05, 3.63) is 76.9 Å². The van der Waals surface area contributed by atoms with Crippen molar-refractivity contribution in [1.82, 2.24) is 24.2 Å². The van der Waals surface area contributed by atoms with Crippen molar-refractivity contribution in [2.24, 2.45) is 5.92 Å². The predicted octanol–water partition coefficient (Wildman–Crippen LogP) is 5.02. The summed E-state index contributed by atoms with van der Waals surface area (Å²) in [5.74, 6) is 1.58. The number of hydrogen-bond donors (Lipinski definition) is 1. The fourth-order valence-corrected chi connectivity index (χ4v) is 4.54. The summed E-state index contributed by atoms with van der Waals surface area (Å²) in [6.45, 7) is 1.95. The zero-order valence-corrected chi connectivity index (χ0v) is 19.9. The van der Waals surface area contributed by atoms with Gasteiger partial charge in [0.05, 0.1) is 29.6 Å². The Kier molecular flexibility index (Phi) is 6.57. The molecule has 0 bridgehead atoms. The molecule has 1 aliphatic rings. The maximum atomic E-state index is 12.8. The number of para-hydroxylation sites is 1. The van der Waals surface area contributed by atoms with Gasteiger partial charge >= 0.3 is 0 Å². The summed E-state index contributed by atoms with van der Waals surface area (Å²) in [4.78, 5) is 19.2. The van der Waals surface area contributed by atoms with Gasteiger partial charge in [-0.1, -0.05) is 29.8 Å². The van der Waals surface area contributed by atoms with Crippen LogP contribution in [0.5, 0.6) is 0 Å². The number of benzene rings is 1. The standard InChI is InChI=1S/C24H23ClN6O2S/c25-18-10-11-21(26-14-18)27-23(32)17-6-4-12-29(15-17)16-30-24(34)31(19-7-2-1-3-8-19)22(28-30)20-9-5-13-33-20/h1-3,5,7-11,13-14,17H,4,6,12,15-16H2,(H,26,27,32). The molecule has 8 nitrogen and oxygen atoms in total. The van der Waals surface area contributed by atoms with E-state index in [1.807, 2.05) is 47.0 Å². The van der Waals surface area contributed by atoms with Crippen LogP contribution < -0.4 is 5.32 Å². The molecule has 1 fully saturated rings. The number of pyridine rings is 1. The summed E-state index contributed by atoms with van der Waals surface area (Å²) in [7, 11) is 0. The largest absolute Gasteiger partial charge is 0.461 e. The highest BCUT2D eigenvalue weighted by Gasteiger charge is 2.27. The molecule has 1 aromatic carbocycles. The number of aromatic nitrogens is 4. The number of halogens is 1. The smallest absolute Gasteiger partial charge is 0.229 e. The van der Waals surface area contributed by atoms with E-state index in [4.69, 9.17) is 33.3 Å². The lowest BCUT2D eigenvalue weighted by atomic mass is 9.97. The van der Waals surface area contributed by atoms with Gasteiger partial charge in [-0.2, -0.15) is 0 Å². The molecule has 5 rings (SSSR count). The Hall–Kier alpha value is -3.27. The zero-order chi connectivity index (χ0) is 23.5. The van der Waals surface area contributed by atoms with Crippen molar-refractivity contribution in [3.63, 3.8) is 0 Å². The van der Waals surface area contributed by atoms with Crippen LogP contribution in [0.15, 0.2) is 71.5 Å². The number of anilines is 1. The van der Waals surface area contributed by atoms with Gasteiger partial charge in [-0.15, -0.1) is 5.10 Å². The second-order valence-electron chi connectivity index (χ2n) is 8.16. The maximum Gasteiger partial charge on any atom is 0.229 e. The highest BCUT2D eigenvalue weighted by atomic mass is 35.5. The molecule has 1 unspecified atom stereocenters. The van der Waals surface area contributed by atoms with Crippen LogP contribution in [0.2, 0.25) is 5.02 Å². The normalized spacial score (nSPS) is 16.4. The molecule has 0 spiro atoms. The summed E-state index contributed by atoms with van der Waals surface area (Å²) in [6, 6.07) is 17.0. The average molecular weight is 495 g/mol. The Bertz CT molecular complexity index is 1320. The number of nitrogens with one attached hydrogen (secondary N) is 1. The van der Waals surface area contributed by atoms with E-state index in [0.29, 0.717) is 40.4 Å². The highest BCUT2D eigenvalue weighted by molar-refractivity contribution is 7.71. The van der Waals surface area contributed by atoms with Crippen LogP contribution in [0.25, 0.3) is 17.3 Å². The lowest BCUT2D eigenvalue weighted by Crippen LogP contribution is -2.41. The molecule has 0 radical (unpaired) electrons. The van der Waals surface area contributed by atoms with Crippen molar-refractivity contribution in [1.29, 1.82) is 0 Å². The van der Waals surface area contributed by atoms with Crippen molar-refractivity contribution in [2.75, 3.05) is 18.4 Å². The third-order valence-corrected chi connectivity index (χ3v) is 6.40. The van der Waals surface area contributed by atoms with E-state index in [1.54, 1.807) is 23.1 Å². The van der Waals surface area contributed by atoms with Crippen molar-refractivity contribution in [3.8, 4) is 17.3 Å². The topological polar surface area (TPSA) is 81.1 Å². The first kappa shape index (κ1) is 22.5. The third kappa shape index (κ3) is 4.82. The van der Waals surface area contributed by atoms with Crippen molar-refractivity contribution < 1.29 is 9.21 Å². The van der Waals surface area contributed by atoms with Gasteiger partial charge in [0.25, 0.3) is 0 Å². The van der Waals surface area contributed by atoms with E-state index in [0.717, 1.165) is 25.1 Å². The molecule has 1 amide bonds. The fraction of sp³-hybridized carbons (Fsp3) is 0.250. The molecule has 1 aliphatic heterocycles. The van der Waals surface area contributed by atoms with E-state index < -0.39 is 0 Å². The Morgan fingerprint density at radius 1 is 1.18 bits per heavy atom. The van der Waals surface area contributed by atoms with E-state index in [-0.39, 0.29) is 11.8 Å². The summed E-state index contributed by atoms with van der Waals surface area (Å²) in [5, 5.41) is 8.21. The second-order valence-corrected chi connectivity index (χ2v) is 8.96. The molecule has 1 atom stereocenters. The minimum atomic E-state index is -0.152. The van der Waals surface area contributed by atoms with Crippen LogP contribution in [0.4, 0.5) is 5.82 Å². The van der Waals surface area contributed by atoms with Gasteiger partial charge in [-0.25, -0.2) is 9.67 Å².